The van der Waals surface area contributed by atoms with E-state index < -0.39 is 0 Å². The molecule has 0 aliphatic carbocycles. The minimum atomic E-state index is -0.255. The molecule has 18 heavy (non-hydrogen) atoms. The van der Waals surface area contributed by atoms with Gasteiger partial charge in [0.05, 0.1) is 0 Å². The minimum absolute atomic E-state index is 0.145. The Labute approximate surface area is 112 Å². The summed E-state index contributed by atoms with van der Waals surface area (Å²) in [7, 11) is 0. The topological polar surface area (TPSA) is 29.5 Å². The van der Waals surface area contributed by atoms with Crippen molar-refractivity contribution in [2.75, 3.05) is 0 Å². The second-order valence-electron chi connectivity index (χ2n) is 5.31. The second-order valence-corrected chi connectivity index (χ2v) is 5.31. The largest absolute Gasteiger partial charge is 0.442 e. The average molecular weight is 253 g/mol. The molecule has 0 saturated carbocycles. The number of nitrogens with zero attached hydrogens (tertiary/aromatic N) is 1. The van der Waals surface area contributed by atoms with Crippen LogP contribution in [0.4, 0.5) is 4.79 Å². The summed E-state index contributed by atoms with van der Waals surface area (Å²) in [6.07, 6.45) is 5.32. The Morgan fingerprint density at radius 2 is 1.56 bits per heavy atom. The quantitative estimate of drug-likeness (QED) is 0.689. The van der Waals surface area contributed by atoms with Gasteiger partial charge < -0.3 is 9.64 Å². The van der Waals surface area contributed by atoms with E-state index in [-0.39, 0.29) is 24.3 Å². The van der Waals surface area contributed by atoms with Crippen LogP contribution < -0.4 is 0 Å². The molecule has 0 fully saturated rings. The third kappa shape index (κ3) is 6.48. The van der Waals surface area contributed by atoms with Gasteiger partial charge in [-0.2, -0.15) is 0 Å². The summed E-state index contributed by atoms with van der Waals surface area (Å²) in [5.41, 5.74) is 1.22. The number of rotatable bonds is 5. The Kier molecular flexibility index (Phi) is 7.41. The van der Waals surface area contributed by atoms with Crippen LogP contribution in [0, 0.1) is 0 Å². The van der Waals surface area contributed by atoms with Crippen molar-refractivity contribution in [3.8, 4) is 0 Å². The van der Waals surface area contributed by atoms with Crippen molar-refractivity contribution < 1.29 is 9.53 Å². The molecule has 0 aromatic heterocycles. The number of hydrogen-bond acceptors (Lipinski definition) is 2. The van der Waals surface area contributed by atoms with Crippen LogP contribution in [-0.4, -0.2) is 29.2 Å². The van der Waals surface area contributed by atoms with Crippen LogP contribution in [0.3, 0.4) is 0 Å². The Morgan fingerprint density at radius 1 is 1.06 bits per heavy atom. The van der Waals surface area contributed by atoms with E-state index >= 15 is 0 Å². The summed E-state index contributed by atoms with van der Waals surface area (Å²) in [5, 5.41) is 0. The molecule has 104 valence electrons. The zero-order chi connectivity index (χ0) is 14.3. The summed E-state index contributed by atoms with van der Waals surface area (Å²) < 4.78 is 5.39. The van der Waals surface area contributed by atoms with E-state index in [9.17, 15) is 4.79 Å². The third-order valence-corrected chi connectivity index (χ3v) is 2.42. The Balaban J connectivity index is 4.46. The first-order valence-corrected chi connectivity index (χ1v) is 6.56. The first kappa shape index (κ1) is 16.8. The maximum absolute atomic E-state index is 12.0. The van der Waals surface area contributed by atoms with Crippen molar-refractivity contribution in [3.63, 3.8) is 0 Å². The van der Waals surface area contributed by atoms with Crippen LogP contribution in [-0.2, 0) is 4.74 Å². The molecule has 0 spiro atoms. The lowest BCUT2D eigenvalue weighted by molar-refractivity contribution is 0.0653. The summed E-state index contributed by atoms with van der Waals surface area (Å²) in [6.45, 7) is 13.9. The predicted molar refractivity (Wildman–Crippen MR) is 76.6 cm³/mol. The second kappa shape index (κ2) is 7.96. The van der Waals surface area contributed by atoms with Gasteiger partial charge in [0.25, 0.3) is 0 Å². The fraction of sp³-hybridized carbons (Fsp3) is 0.667. The molecule has 3 heteroatoms. The van der Waals surface area contributed by atoms with E-state index in [2.05, 4.69) is 0 Å². The van der Waals surface area contributed by atoms with Crippen LogP contribution in [0.15, 0.2) is 23.8 Å². The molecular formula is C15H27NO2. The maximum Gasteiger partial charge on any atom is 0.410 e. The van der Waals surface area contributed by atoms with Crippen molar-refractivity contribution in [2.45, 2.75) is 66.7 Å². The van der Waals surface area contributed by atoms with Gasteiger partial charge >= 0.3 is 6.09 Å². The van der Waals surface area contributed by atoms with Gasteiger partial charge in [-0.05, 0) is 54.5 Å². The van der Waals surface area contributed by atoms with Gasteiger partial charge in [-0.15, -0.1) is 0 Å². The van der Waals surface area contributed by atoms with Crippen molar-refractivity contribution in [3.05, 3.63) is 23.8 Å². The van der Waals surface area contributed by atoms with E-state index in [1.807, 2.05) is 66.7 Å². The molecule has 0 N–H and O–H groups in total. The standard InChI is InChI=1S/C15H27NO2/c1-11(2)9-8-10-14(7)18-15(17)16(12(3)4)13(5)6/h8-10,12-14H,1-7H3/b10-8-/t14-/m0/s1. The highest BCUT2D eigenvalue weighted by molar-refractivity contribution is 5.68. The molecule has 0 aliphatic rings. The van der Waals surface area contributed by atoms with Crippen molar-refractivity contribution >= 4 is 6.09 Å². The Hall–Kier alpha value is -1.25. The van der Waals surface area contributed by atoms with Gasteiger partial charge in [0.15, 0.2) is 0 Å². The normalized spacial score (nSPS) is 12.9. The molecule has 0 unspecified atom stereocenters. The summed E-state index contributed by atoms with van der Waals surface area (Å²) in [4.78, 5) is 13.7. The molecule has 0 aliphatic heterocycles. The van der Waals surface area contributed by atoms with Crippen LogP contribution >= 0.6 is 0 Å². The molecule has 0 aromatic rings. The van der Waals surface area contributed by atoms with Gasteiger partial charge in [-0.3, -0.25) is 0 Å². The average Bonchev–Trinajstić information content (AvgIpc) is 2.14. The molecule has 1 amide bonds. The fourth-order valence-electron chi connectivity index (χ4n) is 1.68. The zero-order valence-electron chi connectivity index (χ0n) is 12.7. The highest BCUT2D eigenvalue weighted by atomic mass is 16.6. The number of allylic oxidation sites excluding steroid dienone is 3. The van der Waals surface area contributed by atoms with Gasteiger partial charge in [-0.1, -0.05) is 17.7 Å². The first-order chi connectivity index (χ1) is 8.25. The highest BCUT2D eigenvalue weighted by Crippen LogP contribution is 2.09. The molecular weight excluding hydrogens is 226 g/mol. The van der Waals surface area contributed by atoms with Gasteiger partial charge in [0.1, 0.15) is 6.10 Å². The Bertz CT molecular complexity index is 304. The van der Waals surface area contributed by atoms with Gasteiger partial charge in [0, 0.05) is 12.1 Å². The Morgan fingerprint density at radius 3 is 1.94 bits per heavy atom. The molecule has 0 rings (SSSR count). The number of carbonyl (C=O) groups is 1. The molecule has 0 bridgehead atoms. The lowest BCUT2D eigenvalue weighted by atomic mass is 10.2. The molecule has 3 nitrogen and oxygen atoms in total. The summed E-state index contributed by atoms with van der Waals surface area (Å²) >= 11 is 0. The third-order valence-electron chi connectivity index (χ3n) is 2.42. The number of amides is 1. The van der Waals surface area contributed by atoms with E-state index in [0.29, 0.717) is 0 Å². The summed E-state index contributed by atoms with van der Waals surface area (Å²) in [5.74, 6) is 0. The van der Waals surface area contributed by atoms with E-state index in [4.69, 9.17) is 4.74 Å². The number of hydrogen-bond donors (Lipinski definition) is 0. The molecule has 0 saturated heterocycles. The van der Waals surface area contributed by atoms with Gasteiger partial charge in [0.2, 0.25) is 0 Å². The SMILES string of the molecule is CC(C)=C/C=C\[C@H](C)OC(=O)N(C(C)C)C(C)C. The molecule has 0 aromatic carbocycles. The van der Waals surface area contributed by atoms with Crippen LogP contribution in [0.1, 0.15) is 48.5 Å². The number of ether oxygens (including phenoxy) is 1. The van der Waals surface area contributed by atoms with Crippen molar-refractivity contribution in [2.24, 2.45) is 0 Å². The van der Waals surface area contributed by atoms with Crippen molar-refractivity contribution in [1.82, 2.24) is 4.90 Å². The van der Waals surface area contributed by atoms with E-state index in [0.717, 1.165) is 0 Å². The zero-order valence-corrected chi connectivity index (χ0v) is 12.7. The van der Waals surface area contributed by atoms with E-state index in [1.54, 1.807) is 4.90 Å². The van der Waals surface area contributed by atoms with Crippen LogP contribution in [0.25, 0.3) is 0 Å². The smallest absolute Gasteiger partial charge is 0.410 e. The summed E-state index contributed by atoms with van der Waals surface area (Å²) in [6, 6.07) is 0.290. The lowest BCUT2D eigenvalue weighted by Gasteiger charge is -2.30. The highest BCUT2D eigenvalue weighted by Gasteiger charge is 2.22. The number of carbonyl (C=O) groups excluding carboxylic acids is 1. The predicted octanol–water partition coefficient (Wildman–Crippen LogP) is 4.15. The minimum Gasteiger partial charge on any atom is -0.442 e. The monoisotopic (exact) mass is 253 g/mol. The fourth-order valence-corrected chi connectivity index (χ4v) is 1.68. The first-order valence-electron chi connectivity index (χ1n) is 6.56. The maximum atomic E-state index is 12.0. The van der Waals surface area contributed by atoms with Crippen molar-refractivity contribution in [1.29, 1.82) is 0 Å². The van der Waals surface area contributed by atoms with Crippen LogP contribution in [0.2, 0.25) is 0 Å². The molecule has 1 atom stereocenters. The molecule has 0 radical (unpaired) electrons. The van der Waals surface area contributed by atoms with Gasteiger partial charge in [-0.25, -0.2) is 4.79 Å². The van der Waals surface area contributed by atoms with E-state index in [1.165, 1.54) is 5.57 Å². The lowest BCUT2D eigenvalue weighted by Crippen LogP contribution is -2.43. The van der Waals surface area contributed by atoms with Crippen LogP contribution in [0.5, 0.6) is 0 Å². The molecule has 0 heterocycles.